The Balaban J connectivity index is 1.83. The summed E-state index contributed by atoms with van der Waals surface area (Å²) in [6, 6.07) is 9.71. The number of amides is 1. The maximum Gasteiger partial charge on any atom is 0.237 e. The van der Waals surface area contributed by atoms with Gasteiger partial charge in [0.05, 0.1) is 12.3 Å². The van der Waals surface area contributed by atoms with Crippen LogP contribution < -0.4 is 11.1 Å². The molecule has 0 fully saturated rings. The molecule has 0 aliphatic rings. The average molecular weight is 288 g/mol. The second-order valence-electron chi connectivity index (χ2n) is 5.17. The van der Waals surface area contributed by atoms with Crippen molar-refractivity contribution < 1.29 is 14.3 Å². The number of nitrogens with one attached hydrogen (secondary N) is 1. The number of aromatic hydroxyl groups is 1. The van der Waals surface area contributed by atoms with Crippen LogP contribution >= 0.6 is 0 Å². The Labute approximate surface area is 123 Å². The van der Waals surface area contributed by atoms with E-state index in [1.807, 2.05) is 19.1 Å². The third kappa shape index (κ3) is 4.65. The van der Waals surface area contributed by atoms with E-state index >= 15 is 0 Å². The number of hydrogen-bond acceptors (Lipinski definition) is 4. The van der Waals surface area contributed by atoms with E-state index in [4.69, 9.17) is 10.2 Å². The van der Waals surface area contributed by atoms with Crippen LogP contribution in [-0.2, 0) is 17.6 Å². The third-order valence-corrected chi connectivity index (χ3v) is 3.20. The lowest BCUT2D eigenvalue weighted by molar-refractivity contribution is -0.122. The molecule has 0 aliphatic carbocycles. The number of carbonyl (C=O) groups excluding carboxylic acids is 1. The molecule has 2 atom stereocenters. The molecule has 112 valence electrons. The van der Waals surface area contributed by atoms with Gasteiger partial charge in [0.15, 0.2) is 0 Å². The van der Waals surface area contributed by atoms with Gasteiger partial charge in [0.1, 0.15) is 11.5 Å². The van der Waals surface area contributed by atoms with Gasteiger partial charge in [0.25, 0.3) is 0 Å². The lowest BCUT2D eigenvalue weighted by Crippen LogP contribution is -2.46. The van der Waals surface area contributed by atoms with E-state index in [0.717, 1.165) is 11.3 Å². The SMILES string of the molecule is CC(Cc1ccco1)NC(=O)C(N)Cc1ccc(O)cc1. The third-order valence-electron chi connectivity index (χ3n) is 3.20. The van der Waals surface area contributed by atoms with Crippen LogP contribution in [0, 0.1) is 0 Å². The highest BCUT2D eigenvalue weighted by Gasteiger charge is 2.17. The summed E-state index contributed by atoms with van der Waals surface area (Å²) in [5, 5.41) is 12.1. The first-order valence-corrected chi connectivity index (χ1v) is 6.91. The molecule has 21 heavy (non-hydrogen) atoms. The number of hydrogen-bond donors (Lipinski definition) is 3. The highest BCUT2D eigenvalue weighted by atomic mass is 16.3. The molecule has 2 aromatic rings. The summed E-state index contributed by atoms with van der Waals surface area (Å²) >= 11 is 0. The zero-order valence-electron chi connectivity index (χ0n) is 12.0. The van der Waals surface area contributed by atoms with E-state index in [0.29, 0.717) is 12.8 Å². The van der Waals surface area contributed by atoms with Crippen molar-refractivity contribution in [2.45, 2.75) is 31.8 Å². The molecular weight excluding hydrogens is 268 g/mol. The molecule has 1 amide bonds. The minimum Gasteiger partial charge on any atom is -0.508 e. The molecule has 0 spiro atoms. The van der Waals surface area contributed by atoms with Crippen LogP contribution in [0.25, 0.3) is 0 Å². The lowest BCUT2D eigenvalue weighted by atomic mass is 10.1. The molecule has 1 aromatic carbocycles. The number of nitrogens with two attached hydrogens (primary N) is 1. The fourth-order valence-corrected chi connectivity index (χ4v) is 2.11. The molecule has 0 saturated heterocycles. The zero-order valence-corrected chi connectivity index (χ0v) is 12.0. The molecule has 0 saturated carbocycles. The first kappa shape index (κ1) is 15.1. The van der Waals surface area contributed by atoms with Crippen molar-refractivity contribution in [3.05, 3.63) is 54.0 Å². The largest absolute Gasteiger partial charge is 0.508 e. The number of carbonyl (C=O) groups is 1. The lowest BCUT2D eigenvalue weighted by Gasteiger charge is -2.17. The van der Waals surface area contributed by atoms with E-state index in [1.54, 1.807) is 30.5 Å². The summed E-state index contributed by atoms with van der Waals surface area (Å²) in [5.74, 6) is 0.834. The monoisotopic (exact) mass is 288 g/mol. The summed E-state index contributed by atoms with van der Waals surface area (Å²) in [7, 11) is 0. The van der Waals surface area contributed by atoms with Crippen molar-refractivity contribution in [1.82, 2.24) is 5.32 Å². The molecule has 5 heteroatoms. The van der Waals surface area contributed by atoms with Crippen LogP contribution in [-0.4, -0.2) is 23.1 Å². The second kappa shape index (κ2) is 6.95. The Kier molecular flexibility index (Phi) is 5.00. The van der Waals surface area contributed by atoms with Crippen LogP contribution in [0.4, 0.5) is 0 Å². The maximum absolute atomic E-state index is 12.0. The van der Waals surface area contributed by atoms with Crippen molar-refractivity contribution in [3.63, 3.8) is 0 Å². The molecule has 0 aliphatic heterocycles. The summed E-state index contributed by atoms with van der Waals surface area (Å²) in [5.41, 5.74) is 6.82. The molecular formula is C16H20N2O3. The Morgan fingerprint density at radius 3 is 2.62 bits per heavy atom. The van der Waals surface area contributed by atoms with Gasteiger partial charge in [-0.1, -0.05) is 12.1 Å². The van der Waals surface area contributed by atoms with E-state index in [-0.39, 0.29) is 17.7 Å². The minimum atomic E-state index is -0.617. The van der Waals surface area contributed by atoms with Crippen molar-refractivity contribution >= 4 is 5.91 Å². The number of phenols is 1. The van der Waals surface area contributed by atoms with E-state index in [9.17, 15) is 9.90 Å². The van der Waals surface area contributed by atoms with E-state index in [2.05, 4.69) is 5.32 Å². The normalized spacial score (nSPS) is 13.6. The Morgan fingerprint density at radius 1 is 1.29 bits per heavy atom. The van der Waals surface area contributed by atoms with Gasteiger partial charge in [-0.15, -0.1) is 0 Å². The predicted molar refractivity (Wildman–Crippen MR) is 79.8 cm³/mol. The van der Waals surface area contributed by atoms with Gasteiger partial charge in [0, 0.05) is 12.5 Å². The van der Waals surface area contributed by atoms with Crippen molar-refractivity contribution in [1.29, 1.82) is 0 Å². The molecule has 1 aromatic heterocycles. The zero-order chi connectivity index (χ0) is 15.2. The van der Waals surface area contributed by atoms with Gasteiger partial charge in [0.2, 0.25) is 5.91 Å². The average Bonchev–Trinajstić information content (AvgIpc) is 2.94. The van der Waals surface area contributed by atoms with Gasteiger partial charge in [-0.2, -0.15) is 0 Å². The molecule has 5 nitrogen and oxygen atoms in total. The van der Waals surface area contributed by atoms with Crippen molar-refractivity contribution in [2.75, 3.05) is 0 Å². The van der Waals surface area contributed by atoms with Gasteiger partial charge in [-0.05, 0) is 43.2 Å². The smallest absolute Gasteiger partial charge is 0.237 e. The van der Waals surface area contributed by atoms with Crippen molar-refractivity contribution in [3.8, 4) is 5.75 Å². The van der Waals surface area contributed by atoms with Gasteiger partial charge >= 0.3 is 0 Å². The quantitative estimate of drug-likeness (QED) is 0.753. The van der Waals surface area contributed by atoms with E-state index < -0.39 is 6.04 Å². The maximum atomic E-state index is 12.0. The van der Waals surface area contributed by atoms with Crippen molar-refractivity contribution in [2.24, 2.45) is 5.73 Å². The highest BCUT2D eigenvalue weighted by molar-refractivity contribution is 5.82. The highest BCUT2D eigenvalue weighted by Crippen LogP contribution is 2.11. The summed E-state index contributed by atoms with van der Waals surface area (Å²) in [6.45, 7) is 1.91. The summed E-state index contributed by atoms with van der Waals surface area (Å²) in [6.07, 6.45) is 2.67. The molecule has 2 rings (SSSR count). The van der Waals surface area contributed by atoms with Gasteiger partial charge in [-0.25, -0.2) is 0 Å². The minimum absolute atomic E-state index is 0.0467. The Bertz CT molecular complexity index is 564. The number of benzene rings is 1. The summed E-state index contributed by atoms with van der Waals surface area (Å²) in [4.78, 5) is 12.0. The first-order valence-electron chi connectivity index (χ1n) is 6.91. The van der Waals surface area contributed by atoms with Crippen LogP contribution in [0.3, 0.4) is 0 Å². The van der Waals surface area contributed by atoms with Crippen LogP contribution in [0.2, 0.25) is 0 Å². The van der Waals surface area contributed by atoms with Crippen LogP contribution in [0.1, 0.15) is 18.2 Å². The molecule has 2 unspecified atom stereocenters. The Morgan fingerprint density at radius 2 is 2.00 bits per heavy atom. The van der Waals surface area contributed by atoms with Gasteiger partial charge in [-0.3, -0.25) is 4.79 Å². The predicted octanol–water partition coefficient (Wildman–Crippen LogP) is 1.60. The van der Waals surface area contributed by atoms with Gasteiger partial charge < -0.3 is 20.6 Å². The number of rotatable bonds is 6. The molecule has 0 radical (unpaired) electrons. The second-order valence-corrected chi connectivity index (χ2v) is 5.17. The molecule has 4 N–H and O–H groups in total. The number of phenolic OH excluding ortho intramolecular Hbond substituents is 1. The Hall–Kier alpha value is -2.27. The van der Waals surface area contributed by atoms with E-state index in [1.165, 1.54) is 0 Å². The molecule has 1 heterocycles. The summed E-state index contributed by atoms with van der Waals surface area (Å²) < 4.78 is 5.25. The fourth-order valence-electron chi connectivity index (χ4n) is 2.11. The fraction of sp³-hybridized carbons (Fsp3) is 0.312. The van der Waals surface area contributed by atoms with Crippen LogP contribution in [0.15, 0.2) is 47.1 Å². The number of furan rings is 1. The topological polar surface area (TPSA) is 88.5 Å². The standard InChI is InChI=1S/C16H20N2O3/c1-11(9-14-3-2-8-21-14)18-16(20)15(17)10-12-4-6-13(19)7-5-12/h2-8,11,15,19H,9-10,17H2,1H3,(H,18,20). The van der Waals surface area contributed by atoms with Crippen LogP contribution in [0.5, 0.6) is 5.75 Å². The first-order chi connectivity index (χ1) is 10.0. The molecule has 0 bridgehead atoms.